The minimum Gasteiger partial charge on any atom is -0.382 e. The number of nitrogens with two attached hydrogens (primary N) is 1. The molecule has 1 aliphatic rings. The lowest BCUT2D eigenvalue weighted by Crippen LogP contribution is -2.34. The normalized spacial score (nSPS) is 16.0. The monoisotopic (exact) mass is 362 g/mol. The van der Waals surface area contributed by atoms with Gasteiger partial charge < -0.3 is 16.0 Å². The molecule has 1 fully saturated rings. The molecule has 0 bridgehead atoms. The van der Waals surface area contributed by atoms with E-state index in [0.717, 1.165) is 35.8 Å². The molecule has 2 aromatic heterocycles. The number of nitrogen functional groups attached to an aromatic ring is 1. The van der Waals surface area contributed by atoms with Gasteiger partial charge >= 0.3 is 0 Å². The Morgan fingerprint density at radius 3 is 2.85 bits per heavy atom. The summed E-state index contributed by atoms with van der Waals surface area (Å²) in [6.45, 7) is 4.38. The topological polar surface area (TPSA) is 80.0 Å². The van der Waals surface area contributed by atoms with Gasteiger partial charge in [-0.25, -0.2) is 15.0 Å². The Morgan fingerprint density at radius 1 is 1.15 bits per heavy atom. The highest BCUT2D eigenvalue weighted by atomic mass is 15.1. The van der Waals surface area contributed by atoms with Crippen LogP contribution in [0.2, 0.25) is 0 Å². The van der Waals surface area contributed by atoms with Crippen LogP contribution in [0, 0.1) is 5.92 Å². The van der Waals surface area contributed by atoms with Crippen LogP contribution >= 0.6 is 0 Å². The molecule has 0 spiro atoms. The van der Waals surface area contributed by atoms with Crippen molar-refractivity contribution in [3.05, 3.63) is 48.3 Å². The molecule has 1 aliphatic heterocycles. The lowest BCUT2D eigenvalue weighted by atomic mass is 9.97. The van der Waals surface area contributed by atoms with Crippen LogP contribution in [0.5, 0.6) is 0 Å². The van der Waals surface area contributed by atoms with E-state index in [9.17, 15) is 0 Å². The molecule has 4 rings (SSSR count). The second-order valence-electron chi connectivity index (χ2n) is 7.40. The lowest BCUT2D eigenvalue weighted by Gasteiger charge is -2.29. The molecule has 3 heterocycles. The minimum absolute atomic E-state index is 0.415. The number of benzene rings is 1. The molecule has 3 N–H and O–H groups in total. The third-order valence-electron chi connectivity index (χ3n) is 5.33. The van der Waals surface area contributed by atoms with Gasteiger partial charge in [0.25, 0.3) is 0 Å². The van der Waals surface area contributed by atoms with Gasteiger partial charge in [-0.05, 0) is 69.2 Å². The van der Waals surface area contributed by atoms with E-state index in [1.54, 1.807) is 0 Å². The number of likely N-dealkylation sites (tertiary alicyclic amines) is 1. The second kappa shape index (κ2) is 7.98. The number of anilines is 1. The highest BCUT2D eigenvalue weighted by Crippen LogP contribution is 2.23. The minimum atomic E-state index is 0.415. The van der Waals surface area contributed by atoms with E-state index in [2.05, 4.69) is 56.5 Å². The number of nitrogens with zero attached hydrogens (tertiary/aromatic N) is 4. The maximum Gasteiger partial charge on any atom is 0.153 e. The van der Waals surface area contributed by atoms with Crippen LogP contribution in [0.4, 0.5) is 5.82 Å². The Hall–Kier alpha value is -2.57. The van der Waals surface area contributed by atoms with Crippen LogP contribution in [0.15, 0.2) is 42.7 Å². The Kier molecular flexibility index (Phi) is 5.27. The van der Waals surface area contributed by atoms with Crippen LogP contribution in [0.3, 0.4) is 0 Å². The first-order valence-electron chi connectivity index (χ1n) is 9.55. The Bertz CT molecular complexity index is 917. The van der Waals surface area contributed by atoms with Gasteiger partial charge in [0.15, 0.2) is 5.82 Å². The average molecular weight is 362 g/mol. The van der Waals surface area contributed by atoms with Gasteiger partial charge in [-0.1, -0.05) is 18.2 Å². The molecule has 0 atom stereocenters. The van der Waals surface area contributed by atoms with Gasteiger partial charge in [-0.2, -0.15) is 0 Å². The zero-order valence-electron chi connectivity index (χ0n) is 15.7. The SMILES string of the molecule is CN1CCC(CNCc2cccc(-c3ccc4ncnc(N)c4n3)c2)CC1. The number of hydrogen-bond donors (Lipinski definition) is 2. The van der Waals surface area contributed by atoms with E-state index in [1.165, 1.54) is 37.8 Å². The smallest absolute Gasteiger partial charge is 0.153 e. The summed E-state index contributed by atoms with van der Waals surface area (Å²) < 4.78 is 0. The van der Waals surface area contributed by atoms with Gasteiger partial charge in [0.1, 0.15) is 11.8 Å². The molecule has 6 nitrogen and oxygen atoms in total. The fourth-order valence-electron chi connectivity index (χ4n) is 3.65. The molecule has 0 aliphatic carbocycles. The number of aromatic nitrogens is 3. The molecular weight excluding hydrogens is 336 g/mol. The summed E-state index contributed by atoms with van der Waals surface area (Å²) in [6.07, 6.45) is 4.04. The van der Waals surface area contributed by atoms with Crippen molar-refractivity contribution in [3.63, 3.8) is 0 Å². The highest BCUT2D eigenvalue weighted by molar-refractivity contribution is 5.85. The van der Waals surface area contributed by atoms with Crippen LogP contribution in [-0.2, 0) is 6.54 Å². The van der Waals surface area contributed by atoms with Gasteiger partial charge in [0.05, 0.1) is 11.2 Å². The molecule has 27 heavy (non-hydrogen) atoms. The van der Waals surface area contributed by atoms with Crippen molar-refractivity contribution in [3.8, 4) is 11.3 Å². The summed E-state index contributed by atoms with van der Waals surface area (Å²) in [5.41, 5.74) is 10.6. The quantitative estimate of drug-likeness (QED) is 0.726. The molecular formula is C21H26N6. The summed E-state index contributed by atoms with van der Waals surface area (Å²) in [5.74, 6) is 1.20. The molecule has 1 aromatic carbocycles. The summed E-state index contributed by atoms with van der Waals surface area (Å²) in [6, 6.07) is 12.4. The molecule has 0 radical (unpaired) electrons. The zero-order chi connectivity index (χ0) is 18.6. The third-order valence-corrected chi connectivity index (χ3v) is 5.33. The van der Waals surface area contributed by atoms with Crippen molar-refractivity contribution < 1.29 is 0 Å². The maximum absolute atomic E-state index is 5.95. The Labute approximate surface area is 159 Å². The van der Waals surface area contributed by atoms with Crippen molar-refractivity contribution in [1.29, 1.82) is 0 Å². The fourth-order valence-corrected chi connectivity index (χ4v) is 3.65. The van der Waals surface area contributed by atoms with Crippen molar-refractivity contribution >= 4 is 16.9 Å². The van der Waals surface area contributed by atoms with Crippen molar-refractivity contribution in [2.24, 2.45) is 5.92 Å². The van der Waals surface area contributed by atoms with Crippen molar-refractivity contribution in [2.45, 2.75) is 19.4 Å². The standard InChI is InChI=1S/C21H26N6/c1-27-9-7-15(8-10-27)12-23-13-16-3-2-4-17(11-16)18-5-6-19-20(26-18)21(22)25-14-24-19/h2-6,11,14-15,23H,7-10,12-13H2,1H3,(H2,22,24,25). The summed E-state index contributed by atoms with van der Waals surface area (Å²) >= 11 is 0. The first-order chi connectivity index (χ1) is 13.2. The first kappa shape index (κ1) is 17.8. The number of pyridine rings is 1. The fraction of sp³-hybridized carbons (Fsp3) is 0.381. The maximum atomic E-state index is 5.95. The predicted octanol–water partition coefficient (Wildman–Crippen LogP) is 2.71. The van der Waals surface area contributed by atoms with Gasteiger partial charge in [-0.3, -0.25) is 0 Å². The van der Waals surface area contributed by atoms with Crippen molar-refractivity contribution in [2.75, 3.05) is 32.4 Å². The van der Waals surface area contributed by atoms with E-state index < -0.39 is 0 Å². The summed E-state index contributed by atoms with van der Waals surface area (Å²) in [5, 5.41) is 3.62. The zero-order valence-corrected chi connectivity index (χ0v) is 15.7. The van der Waals surface area contributed by atoms with Gasteiger partial charge in [0, 0.05) is 12.1 Å². The predicted molar refractivity (Wildman–Crippen MR) is 109 cm³/mol. The third kappa shape index (κ3) is 4.23. The van der Waals surface area contributed by atoms with Crippen LogP contribution in [0.1, 0.15) is 18.4 Å². The molecule has 140 valence electrons. The molecule has 0 saturated carbocycles. The first-order valence-corrected chi connectivity index (χ1v) is 9.55. The largest absolute Gasteiger partial charge is 0.382 e. The van der Waals surface area contributed by atoms with E-state index in [1.807, 2.05) is 12.1 Å². The number of hydrogen-bond acceptors (Lipinski definition) is 6. The number of fused-ring (bicyclic) bond motifs is 1. The van der Waals surface area contributed by atoms with Gasteiger partial charge in [0.2, 0.25) is 0 Å². The lowest BCUT2D eigenvalue weighted by molar-refractivity contribution is 0.216. The number of nitrogens with one attached hydrogen (secondary N) is 1. The van der Waals surface area contributed by atoms with E-state index in [4.69, 9.17) is 5.73 Å². The Balaban J connectivity index is 1.44. The average Bonchev–Trinajstić information content (AvgIpc) is 2.70. The molecule has 3 aromatic rings. The summed E-state index contributed by atoms with van der Waals surface area (Å²) in [7, 11) is 2.20. The van der Waals surface area contributed by atoms with Gasteiger partial charge in [-0.15, -0.1) is 0 Å². The number of piperidine rings is 1. The molecule has 0 unspecified atom stereocenters. The van der Waals surface area contributed by atoms with Crippen molar-refractivity contribution in [1.82, 2.24) is 25.2 Å². The highest BCUT2D eigenvalue weighted by Gasteiger charge is 2.16. The second-order valence-corrected chi connectivity index (χ2v) is 7.40. The number of rotatable bonds is 5. The molecule has 1 saturated heterocycles. The van der Waals surface area contributed by atoms with Crippen LogP contribution < -0.4 is 11.1 Å². The van der Waals surface area contributed by atoms with Crippen LogP contribution in [0.25, 0.3) is 22.3 Å². The molecule has 6 heteroatoms. The molecule has 0 amide bonds. The van der Waals surface area contributed by atoms with Crippen LogP contribution in [-0.4, -0.2) is 46.5 Å². The van der Waals surface area contributed by atoms with E-state index in [0.29, 0.717) is 11.3 Å². The van der Waals surface area contributed by atoms with E-state index >= 15 is 0 Å². The van der Waals surface area contributed by atoms with E-state index in [-0.39, 0.29) is 0 Å². The Morgan fingerprint density at radius 2 is 2.00 bits per heavy atom. The summed E-state index contributed by atoms with van der Waals surface area (Å²) in [4.78, 5) is 15.3.